The summed E-state index contributed by atoms with van der Waals surface area (Å²) < 4.78 is 14.1. The highest BCUT2D eigenvalue weighted by Crippen LogP contribution is 2.31. The second-order valence-corrected chi connectivity index (χ2v) is 8.65. The van der Waals surface area contributed by atoms with Gasteiger partial charge in [-0.15, -0.1) is 11.3 Å². The summed E-state index contributed by atoms with van der Waals surface area (Å²) in [6.07, 6.45) is 2.73. The van der Waals surface area contributed by atoms with Crippen LogP contribution in [0.5, 0.6) is 0 Å². The quantitative estimate of drug-likeness (QED) is 0.549. The number of hydrazine groups is 1. The molecule has 0 radical (unpaired) electrons. The van der Waals surface area contributed by atoms with Crippen molar-refractivity contribution in [3.05, 3.63) is 80.8 Å². The van der Waals surface area contributed by atoms with Gasteiger partial charge in [-0.1, -0.05) is 23.7 Å². The summed E-state index contributed by atoms with van der Waals surface area (Å²) >= 11 is 7.36. The fourth-order valence-electron chi connectivity index (χ4n) is 3.51. The number of hydrogen-bond donors (Lipinski definition) is 2. The first-order chi connectivity index (χ1) is 15.9. The van der Waals surface area contributed by atoms with E-state index in [1.807, 2.05) is 0 Å². The summed E-state index contributed by atoms with van der Waals surface area (Å²) in [6, 6.07) is 9.04. The Morgan fingerprint density at radius 1 is 1.03 bits per heavy atom. The first-order valence-electron chi connectivity index (χ1n) is 10.1. The van der Waals surface area contributed by atoms with E-state index in [0.717, 1.165) is 5.01 Å². The molecule has 170 valence electrons. The number of amides is 3. The highest BCUT2D eigenvalue weighted by Gasteiger charge is 2.29. The predicted octanol–water partition coefficient (Wildman–Crippen LogP) is 3.43. The van der Waals surface area contributed by atoms with Crippen LogP contribution in [0, 0.1) is 5.82 Å². The zero-order chi connectivity index (χ0) is 23.4. The van der Waals surface area contributed by atoms with Crippen molar-refractivity contribution in [2.75, 3.05) is 13.1 Å². The zero-order valence-electron chi connectivity index (χ0n) is 17.3. The number of aromatic nitrogens is 2. The van der Waals surface area contributed by atoms with Gasteiger partial charge in [0.15, 0.2) is 0 Å². The van der Waals surface area contributed by atoms with Crippen molar-refractivity contribution in [3.63, 3.8) is 0 Å². The number of pyridine rings is 1. The van der Waals surface area contributed by atoms with Crippen molar-refractivity contribution in [2.45, 2.75) is 18.8 Å². The van der Waals surface area contributed by atoms with Gasteiger partial charge in [-0.05, 0) is 37.1 Å². The van der Waals surface area contributed by atoms with Gasteiger partial charge in [0.05, 0.1) is 15.6 Å². The lowest BCUT2D eigenvalue weighted by atomic mass is 9.97. The Hall–Kier alpha value is -3.37. The number of thiazole rings is 1. The Balaban J connectivity index is 1.32. The van der Waals surface area contributed by atoms with E-state index in [1.165, 1.54) is 41.8 Å². The van der Waals surface area contributed by atoms with Crippen LogP contribution in [0.4, 0.5) is 4.39 Å². The monoisotopic (exact) mass is 487 g/mol. The molecule has 2 N–H and O–H groups in total. The fourth-order valence-corrected chi connectivity index (χ4v) is 4.72. The number of carbonyl (C=O) groups excluding carboxylic acids is 3. The molecule has 3 heterocycles. The van der Waals surface area contributed by atoms with Crippen LogP contribution in [0.3, 0.4) is 0 Å². The Bertz CT molecular complexity index is 1160. The summed E-state index contributed by atoms with van der Waals surface area (Å²) in [5.74, 6) is -2.07. The fraction of sp³-hybridized carbons (Fsp3) is 0.227. The molecular weight excluding hydrogens is 469 g/mol. The van der Waals surface area contributed by atoms with E-state index >= 15 is 0 Å². The molecule has 1 aromatic carbocycles. The SMILES string of the molecule is O=C(NNC(=O)c1csc(C2CCN(C(=O)c3c(F)cccc3Cl)CC2)n1)c1ccccn1. The summed E-state index contributed by atoms with van der Waals surface area (Å²) in [4.78, 5) is 46.9. The number of nitrogens with zero attached hydrogens (tertiary/aromatic N) is 3. The highest BCUT2D eigenvalue weighted by molar-refractivity contribution is 7.09. The predicted molar refractivity (Wildman–Crippen MR) is 121 cm³/mol. The molecule has 0 spiro atoms. The van der Waals surface area contributed by atoms with Gasteiger partial charge in [-0.25, -0.2) is 9.37 Å². The highest BCUT2D eigenvalue weighted by atomic mass is 35.5. The van der Waals surface area contributed by atoms with E-state index in [-0.39, 0.29) is 27.9 Å². The van der Waals surface area contributed by atoms with Crippen LogP contribution < -0.4 is 10.9 Å². The van der Waals surface area contributed by atoms with E-state index in [0.29, 0.717) is 25.9 Å². The molecule has 4 rings (SSSR count). The molecule has 33 heavy (non-hydrogen) atoms. The largest absolute Gasteiger partial charge is 0.338 e. The molecule has 0 bridgehead atoms. The maximum absolute atomic E-state index is 14.1. The standard InChI is InChI=1S/C22H19ClFN5O3S/c23-14-4-3-5-15(24)18(14)22(32)29-10-7-13(8-11-29)21-26-17(12-33-21)20(31)28-27-19(30)16-6-1-2-9-25-16/h1-6,9,12-13H,7-8,10-11H2,(H,27,30)(H,28,31). The summed E-state index contributed by atoms with van der Waals surface area (Å²) in [6.45, 7) is 0.852. The van der Waals surface area contributed by atoms with E-state index in [1.54, 1.807) is 22.4 Å². The Morgan fingerprint density at radius 3 is 2.42 bits per heavy atom. The molecule has 1 aliphatic rings. The van der Waals surface area contributed by atoms with Crippen LogP contribution >= 0.6 is 22.9 Å². The van der Waals surface area contributed by atoms with Gasteiger partial charge in [0.1, 0.15) is 17.2 Å². The van der Waals surface area contributed by atoms with Crippen molar-refractivity contribution in [1.82, 2.24) is 25.7 Å². The minimum absolute atomic E-state index is 0.0693. The average Bonchev–Trinajstić information content (AvgIpc) is 3.33. The van der Waals surface area contributed by atoms with Crippen molar-refractivity contribution in [3.8, 4) is 0 Å². The maximum atomic E-state index is 14.1. The van der Waals surface area contributed by atoms with Crippen LogP contribution in [0.1, 0.15) is 55.1 Å². The molecular formula is C22H19ClFN5O3S. The van der Waals surface area contributed by atoms with Gasteiger partial charge in [0.2, 0.25) is 0 Å². The van der Waals surface area contributed by atoms with Gasteiger partial charge in [-0.2, -0.15) is 0 Å². The summed E-state index contributed by atoms with van der Waals surface area (Å²) in [7, 11) is 0. The van der Waals surface area contributed by atoms with Gasteiger partial charge in [0.25, 0.3) is 17.7 Å². The molecule has 3 amide bonds. The number of halogens is 2. The number of benzene rings is 1. The average molecular weight is 488 g/mol. The molecule has 3 aromatic rings. The van der Waals surface area contributed by atoms with E-state index in [2.05, 4.69) is 20.8 Å². The van der Waals surface area contributed by atoms with Gasteiger partial charge >= 0.3 is 0 Å². The maximum Gasteiger partial charge on any atom is 0.289 e. The van der Waals surface area contributed by atoms with E-state index in [4.69, 9.17) is 11.6 Å². The van der Waals surface area contributed by atoms with Gasteiger partial charge in [-0.3, -0.25) is 30.2 Å². The van der Waals surface area contributed by atoms with E-state index in [9.17, 15) is 18.8 Å². The van der Waals surface area contributed by atoms with Crippen molar-refractivity contribution < 1.29 is 18.8 Å². The van der Waals surface area contributed by atoms with Crippen molar-refractivity contribution in [1.29, 1.82) is 0 Å². The second-order valence-electron chi connectivity index (χ2n) is 7.36. The lowest BCUT2D eigenvalue weighted by Gasteiger charge is -2.31. The molecule has 1 fully saturated rings. The number of hydrogen-bond acceptors (Lipinski definition) is 6. The smallest absolute Gasteiger partial charge is 0.289 e. The van der Waals surface area contributed by atoms with Gasteiger partial charge in [0, 0.05) is 30.6 Å². The number of likely N-dealkylation sites (tertiary alicyclic amines) is 1. The topological polar surface area (TPSA) is 104 Å². The van der Waals surface area contributed by atoms with Crippen molar-refractivity contribution in [2.24, 2.45) is 0 Å². The lowest BCUT2D eigenvalue weighted by molar-refractivity contribution is 0.0708. The molecule has 1 aliphatic heterocycles. The Labute approximate surface area is 197 Å². The Morgan fingerprint density at radius 2 is 1.76 bits per heavy atom. The van der Waals surface area contributed by atoms with Crippen molar-refractivity contribution >= 4 is 40.7 Å². The molecule has 0 aliphatic carbocycles. The molecule has 0 unspecified atom stereocenters. The summed E-state index contributed by atoms with van der Waals surface area (Å²) in [5.41, 5.74) is 4.89. The molecule has 0 atom stereocenters. The molecule has 11 heteroatoms. The van der Waals surface area contributed by atoms with Crippen LogP contribution in [0.15, 0.2) is 48.0 Å². The first kappa shape index (κ1) is 22.8. The molecule has 8 nitrogen and oxygen atoms in total. The normalized spacial score (nSPS) is 14.1. The first-order valence-corrected chi connectivity index (χ1v) is 11.4. The number of piperidine rings is 1. The van der Waals surface area contributed by atoms with Crippen LogP contribution in [-0.2, 0) is 0 Å². The van der Waals surface area contributed by atoms with Crippen LogP contribution in [-0.4, -0.2) is 45.7 Å². The molecule has 2 aromatic heterocycles. The zero-order valence-corrected chi connectivity index (χ0v) is 18.8. The minimum Gasteiger partial charge on any atom is -0.338 e. The number of rotatable bonds is 4. The third kappa shape index (κ3) is 5.18. The third-order valence-electron chi connectivity index (χ3n) is 5.25. The number of carbonyl (C=O) groups is 3. The molecule has 0 saturated carbocycles. The Kier molecular flexibility index (Phi) is 6.95. The van der Waals surface area contributed by atoms with Gasteiger partial charge < -0.3 is 4.90 Å². The van der Waals surface area contributed by atoms with E-state index < -0.39 is 23.5 Å². The number of nitrogens with one attached hydrogen (secondary N) is 2. The third-order valence-corrected chi connectivity index (χ3v) is 6.57. The van der Waals surface area contributed by atoms with Crippen LogP contribution in [0.2, 0.25) is 5.02 Å². The minimum atomic E-state index is -0.639. The summed E-state index contributed by atoms with van der Waals surface area (Å²) in [5, 5.41) is 2.48. The molecule has 1 saturated heterocycles. The lowest BCUT2D eigenvalue weighted by Crippen LogP contribution is -2.42. The second kappa shape index (κ2) is 10.1. The van der Waals surface area contributed by atoms with Crippen LogP contribution in [0.25, 0.3) is 0 Å².